The molecule has 1 aromatic carbocycles. The number of carbonyl (C=O) groups excluding carboxylic acids is 1. The first-order valence-electron chi connectivity index (χ1n) is 5.91. The third-order valence-corrected chi connectivity index (χ3v) is 2.53. The Morgan fingerprint density at radius 2 is 2.05 bits per heavy atom. The van der Waals surface area contributed by atoms with Crippen LogP contribution in [0.25, 0.3) is 0 Å². The lowest BCUT2D eigenvalue weighted by atomic mass is 10.1. The van der Waals surface area contributed by atoms with E-state index in [9.17, 15) is 9.59 Å². The summed E-state index contributed by atoms with van der Waals surface area (Å²) in [5.74, 6) is -1.24. The maximum absolute atomic E-state index is 11.7. The highest BCUT2D eigenvalue weighted by Crippen LogP contribution is 2.15. The van der Waals surface area contributed by atoms with Crippen LogP contribution in [0, 0.1) is 0 Å². The Labute approximate surface area is 111 Å². The summed E-state index contributed by atoms with van der Waals surface area (Å²) in [6.07, 6.45) is 0. The van der Waals surface area contributed by atoms with Crippen molar-refractivity contribution in [2.24, 2.45) is 0 Å². The summed E-state index contributed by atoms with van der Waals surface area (Å²) in [5.41, 5.74) is 0.559. The minimum absolute atomic E-state index is 0.138. The highest BCUT2D eigenvalue weighted by molar-refractivity contribution is 5.95. The molecule has 0 aromatic heterocycles. The molecule has 0 saturated heterocycles. The Hall–Kier alpha value is -2.08. The number of rotatable bonds is 7. The van der Waals surface area contributed by atoms with Gasteiger partial charge >= 0.3 is 5.97 Å². The zero-order valence-electron chi connectivity index (χ0n) is 11.0. The molecule has 0 bridgehead atoms. The first-order valence-corrected chi connectivity index (χ1v) is 5.91. The van der Waals surface area contributed by atoms with Gasteiger partial charge in [-0.3, -0.25) is 4.79 Å². The maximum atomic E-state index is 11.7. The van der Waals surface area contributed by atoms with Crippen LogP contribution in [-0.4, -0.2) is 43.3 Å². The van der Waals surface area contributed by atoms with Crippen molar-refractivity contribution in [3.8, 4) is 0 Å². The summed E-state index contributed by atoms with van der Waals surface area (Å²) in [7, 11) is 1.55. The maximum Gasteiger partial charge on any atom is 0.337 e. The van der Waals surface area contributed by atoms with E-state index in [4.69, 9.17) is 9.84 Å². The lowest BCUT2D eigenvalue weighted by Gasteiger charge is -2.16. The number of nitrogens with one attached hydrogen (secondary N) is 2. The van der Waals surface area contributed by atoms with Crippen LogP contribution < -0.4 is 10.6 Å². The fourth-order valence-corrected chi connectivity index (χ4v) is 1.52. The molecule has 1 rings (SSSR count). The lowest BCUT2D eigenvalue weighted by Crippen LogP contribution is -2.39. The fourth-order valence-electron chi connectivity index (χ4n) is 1.52. The summed E-state index contributed by atoms with van der Waals surface area (Å²) in [6, 6.07) is 5.93. The second-order valence-electron chi connectivity index (χ2n) is 4.00. The molecule has 0 aliphatic heterocycles. The zero-order chi connectivity index (χ0) is 14.3. The van der Waals surface area contributed by atoms with Crippen molar-refractivity contribution >= 4 is 17.6 Å². The van der Waals surface area contributed by atoms with Crippen molar-refractivity contribution < 1.29 is 19.4 Å². The van der Waals surface area contributed by atoms with Crippen LogP contribution in [0.5, 0.6) is 0 Å². The average molecular weight is 266 g/mol. The number of carboxylic acid groups (broad SMARTS) is 1. The Morgan fingerprint density at radius 3 is 2.68 bits per heavy atom. The van der Waals surface area contributed by atoms with Crippen LogP contribution in [-0.2, 0) is 9.53 Å². The molecule has 1 unspecified atom stereocenters. The highest BCUT2D eigenvalue weighted by Gasteiger charge is 2.15. The van der Waals surface area contributed by atoms with Gasteiger partial charge in [-0.2, -0.15) is 0 Å². The van der Waals surface area contributed by atoms with Crippen LogP contribution in [0.15, 0.2) is 24.3 Å². The molecule has 0 fully saturated rings. The van der Waals surface area contributed by atoms with Crippen LogP contribution >= 0.6 is 0 Å². The molecule has 1 aromatic rings. The van der Waals surface area contributed by atoms with E-state index in [-0.39, 0.29) is 11.5 Å². The van der Waals surface area contributed by atoms with Crippen molar-refractivity contribution in [1.29, 1.82) is 0 Å². The number of carboxylic acids is 1. The summed E-state index contributed by atoms with van der Waals surface area (Å²) in [4.78, 5) is 22.8. The largest absolute Gasteiger partial charge is 0.478 e. The van der Waals surface area contributed by atoms with Gasteiger partial charge in [-0.05, 0) is 19.1 Å². The molecule has 6 nitrogen and oxygen atoms in total. The van der Waals surface area contributed by atoms with E-state index in [1.165, 1.54) is 6.07 Å². The molecule has 0 radical (unpaired) electrons. The van der Waals surface area contributed by atoms with Gasteiger partial charge in [0.2, 0.25) is 5.91 Å². The van der Waals surface area contributed by atoms with E-state index in [2.05, 4.69) is 10.6 Å². The number of anilines is 1. The van der Waals surface area contributed by atoms with Crippen LogP contribution in [0.2, 0.25) is 0 Å². The van der Waals surface area contributed by atoms with E-state index < -0.39 is 12.0 Å². The van der Waals surface area contributed by atoms with Gasteiger partial charge in [0, 0.05) is 19.3 Å². The highest BCUT2D eigenvalue weighted by atomic mass is 16.5. The number of methoxy groups -OCH3 is 1. The topological polar surface area (TPSA) is 87.7 Å². The molecule has 104 valence electrons. The molecule has 19 heavy (non-hydrogen) atoms. The number of hydrogen-bond donors (Lipinski definition) is 3. The fraction of sp³-hybridized carbons (Fsp3) is 0.385. The second kappa shape index (κ2) is 7.38. The summed E-state index contributed by atoms with van der Waals surface area (Å²) in [6.45, 7) is 2.52. The predicted molar refractivity (Wildman–Crippen MR) is 71.4 cm³/mol. The van der Waals surface area contributed by atoms with Crippen LogP contribution in [0.3, 0.4) is 0 Å². The SMILES string of the molecule is COCCNC(=O)C(C)Nc1ccccc1C(=O)O. The normalized spacial score (nSPS) is 11.7. The lowest BCUT2D eigenvalue weighted by molar-refractivity contribution is -0.121. The van der Waals surface area contributed by atoms with Crippen molar-refractivity contribution in [1.82, 2.24) is 5.32 Å². The monoisotopic (exact) mass is 266 g/mol. The molecule has 0 heterocycles. The molecule has 1 atom stereocenters. The minimum Gasteiger partial charge on any atom is -0.478 e. The van der Waals surface area contributed by atoms with Gasteiger partial charge < -0.3 is 20.5 Å². The van der Waals surface area contributed by atoms with E-state index in [1.807, 2.05) is 0 Å². The predicted octanol–water partition coefficient (Wildman–Crippen LogP) is 0.948. The van der Waals surface area contributed by atoms with E-state index in [1.54, 1.807) is 32.2 Å². The van der Waals surface area contributed by atoms with Gasteiger partial charge in [-0.1, -0.05) is 12.1 Å². The Balaban J connectivity index is 2.63. The standard InChI is InChI=1S/C13H18N2O4/c1-9(12(16)14-7-8-19-2)15-11-6-4-3-5-10(11)13(17)18/h3-6,9,15H,7-8H2,1-2H3,(H,14,16)(H,17,18). The third-order valence-electron chi connectivity index (χ3n) is 2.53. The van der Waals surface area contributed by atoms with E-state index in [0.717, 1.165) is 0 Å². The first kappa shape index (κ1) is 15.0. The molecule has 0 spiro atoms. The Bertz CT molecular complexity index is 448. The minimum atomic E-state index is -1.03. The Morgan fingerprint density at radius 1 is 1.37 bits per heavy atom. The van der Waals surface area contributed by atoms with Gasteiger partial charge in [0.05, 0.1) is 12.2 Å². The average Bonchev–Trinajstić information content (AvgIpc) is 2.39. The van der Waals surface area contributed by atoms with Gasteiger partial charge in [0.25, 0.3) is 0 Å². The summed E-state index contributed by atoms with van der Waals surface area (Å²) in [5, 5.41) is 14.6. The van der Waals surface area contributed by atoms with Crippen molar-refractivity contribution in [2.75, 3.05) is 25.6 Å². The van der Waals surface area contributed by atoms with E-state index in [0.29, 0.717) is 18.8 Å². The Kier molecular flexibility index (Phi) is 5.81. The molecular weight excluding hydrogens is 248 g/mol. The van der Waals surface area contributed by atoms with Crippen molar-refractivity contribution in [3.05, 3.63) is 29.8 Å². The number of ether oxygens (including phenoxy) is 1. The van der Waals surface area contributed by atoms with Gasteiger partial charge in [0.15, 0.2) is 0 Å². The quantitative estimate of drug-likeness (QED) is 0.639. The van der Waals surface area contributed by atoms with Gasteiger partial charge in [-0.15, -0.1) is 0 Å². The first-order chi connectivity index (χ1) is 9.06. The van der Waals surface area contributed by atoms with Crippen molar-refractivity contribution in [2.45, 2.75) is 13.0 Å². The number of para-hydroxylation sites is 1. The summed E-state index contributed by atoms with van der Waals surface area (Å²) >= 11 is 0. The molecule has 1 amide bonds. The molecule has 3 N–H and O–H groups in total. The number of amides is 1. The van der Waals surface area contributed by atoms with Crippen LogP contribution in [0.1, 0.15) is 17.3 Å². The second-order valence-corrected chi connectivity index (χ2v) is 4.00. The van der Waals surface area contributed by atoms with Gasteiger partial charge in [0.1, 0.15) is 6.04 Å². The molecule has 0 saturated carbocycles. The van der Waals surface area contributed by atoms with Crippen LogP contribution in [0.4, 0.5) is 5.69 Å². The molecular formula is C13H18N2O4. The number of carbonyl (C=O) groups is 2. The third kappa shape index (κ3) is 4.59. The molecule has 6 heteroatoms. The van der Waals surface area contributed by atoms with Crippen molar-refractivity contribution in [3.63, 3.8) is 0 Å². The number of aromatic carboxylic acids is 1. The molecule has 0 aliphatic rings. The molecule has 0 aliphatic carbocycles. The van der Waals surface area contributed by atoms with E-state index >= 15 is 0 Å². The number of benzene rings is 1. The summed E-state index contributed by atoms with van der Waals surface area (Å²) < 4.78 is 4.83. The zero-order valence-corrected chi connectivity index (χ0v) is 11.0. The van der Waals surface area contributed by atoms with Gasteiger partial charge in [-0.25, -0.2) is 4.79 Å². The smallest absolute Gasteiger partial charge is 0.337 e. The number of hydrogen-bond acceptors (Lipinski definition) is 4.